The number of thioether (sulfide) groups is 1. The number of aromatic nitrogens is 4. The van der Waals surface area contributed by atoms with Crippen molar-refractivity contribution in [2.75, 3.05) is 0 Å². The van der Waals surface area contributed by atoms with E-state index >= 15 is 0 Å². The van der Waals surface area contributed by atoms with Crippen LogP contribution >= 0.6 is 23.1 Å². The fraction of sp³-hybridized carbons (Fsp3) is 0.111. The van der Waals surface area contributed by atoms with Gasteiger partial charge in [0.05, 0.1) is 11.4 Å². The number of aryl methyl sites for hydroxylation is 1. The van der Waals surface area contributed by atoms with Crippen LogP contribution in [0, 0.1) is 6.92 Å². The van der Waals surface area contributed by atoms with Crippen molar-refractivity contribution in [1.29, 1.82) is 0 Å². The number of hydrogen-bond donors (Lipinski definition) is 0. The second-order valence-corrected chi connectivity index (χ2v) is 7.12. The first-order valence-corrected chi connectivity index (χ1v) is 9.54. The minimum absolute atomic E-state index is 0.547. The molecule has 7 heteroatoms. The molecular formula is C18H14N4OS2. The molecule has 4 rings (SSSR count). The summed E-state index contributed by atoms with van der Waals surface area (Å²) in [5.41, 5.74) is 3.95. The van der Waals surface area contributed by atoms with E-state index < -0.39 is 0 Å². The molecular weight excluding hydrogens is 352 g/mol. The van der Waals surface area contributed by atoms with Crippen molar-refractivity contribution in [1.82, 2.24) is 20.2 Å². The van der Waals surface area contributed by atoms with Crippen molar-refractivity contribution < 1.29 is 4.42 Å². The van der Waals surface area contributed by atoms with Crippen LogP contribution in [0.3, 0.4) is 0 Å². The van der Waals surface area contributed by atoms with Crippen molar-refractivity contribution in [2.24, 2.45) is 0 Å². The highest BCUT2D eigenvalue weighted by Crippen LogP contribution is 2.29. The molecule has 0 saturated carbocycles. The average molecular weight is 366 g/mol. The quantitative estimate of drug-likeness (QED) is 0.470. The van der Waals surface area contributed by atoms with E-state index in [1.165, 1.54) is 11.8 Å². The molecule has 124 valence electrons. The molecule has 0 bridgehead atoms. The Labute approximate surface area is 153 Å². The third-order valence-electron chi connectivity index (χ3n) is 3.56. The van der Waals surface area contributed by atoms with Gasteiger partial charge >= 0.3 is 0 Å². The van der Waals surface area contributed by atoms with Gasteiger partial charge in [-0.1, -0.05) is 36.0 Å². The monoisotopic (exact) mass is 366 g/mol. The Hall–Kier alpha value is -2.51. The zero-order valence-electron chi connectivity index (χ0n) is 13.4. The van der Waals surface area contributed by atoms with Gasteiger partial charge in [0.2, 0.25) is 5.89 Å². The van der Waals surface area contributed by atoms with Crippen molar-refractivity contribution in [3.8, 4) is 22.2 Å². The molecule has 0 spiro atoms. The topological polar surface area (TPSA) is 64.7 Å². The summed E-state index contributed by atoms with van der Waals surface area (Å²) in [6.45, 7) is 2.03. The van der Waals surface area contributed by atoms with Gasteiger partial charge in [-0.2, -0.15) is 0 Å². The Bertz CT molecular complexity index is 981. The molecule has 5 nitrogen and oxygen atoms in total. The van der Waals surface area contributed by atoms with Gasteiger partial charge in [0.15, 0.2) is 0 Å². The SMILES string of the molecule is Cc1ccccc1-c1nnc(SCc2csc(-c3ccccn3)n2)o1. The average Bonchev–Trinajstić information content (AvgIpc) is 3.31. The zero-order chi connectivity index (χ0) is 17.1. The molecule has 0 atom stereocenters. The van der Waals surface area contributed by atoms with Crippen molar-refractivity contribution >= 4 is 23.1 Å². The molecule has 0 fully saturated rings. The van der Waals surface area contributed by atoms with Crippen molar-refractivity contribution in [2.45, 2.75) is 17.9 Å². The van der Waals surface area contributed by atoms with Crippen LogP contribution in [0.25, 0.3) is 22.2 Å². The first kappa shape index (κ1) is 16.0. The molecule has 1 aromatic carbocycles. The highest BCUT2D eigenvalue weighted by molar-refractivity contribution is 7.98. The molecule has 0 aliphatic heterocycles. The zero-order valence-corrected chi connectivity index (χ0v) is 15.0. The fourth-order valence-corrected chi connectivity index (χ4v) is 3.86. The Morgan fingerprint density at radius 2 is 1.96 bits per heavy atom. The second kappa shape index (κ2) is 7.16. The van der Waals surface area contributed by atoms with Gasteiger partial charge in [0.1, 0.15) is 5.01 Å². The van der Waals surface area contributed by atoms with E-state index in [2.05, 4.69) is 20.2 Å². The van der Waals surface area contributed by atoms with Crippen molar-refractivity contribution in [3.05, 3.63) is 65.3 Å². The minimum atomic E-state index is 0.547. The lowest BCUT2D eigenvalue weighted by atomic mass is 10.1. The van der Waals surface area contributed by atoms with Crippen LogP contribution in [0.2, 0.25) is 0 Å². The predicted octanol–water partition coefficient (Wildman–Crippen LogP) is 4.86. The minimum Gasteiger partial charge on any atom is -0.411 e. The van der Waals surface area contributed by atoms with Crippen molar-refractivity contribution in [3.63, 3.8) is 0 Å². The number of thiazole rings is 1. The number of benzene rings is 1. The summed E-state index contributed by atoms with van der Waals surface area (Å²) in [7, 11) is 0. The van der Waals surface area contributed by atoms with Crippen LogP contribution in [0.5, 0.6) is 0 Å². The molecule has 4 aromatic rings. The Kier molecular flexibility index (Phi) is 4.58. The van der Waals surface area contributed by atoms with E-state index in [0.29, 0.717) is 16.9 Å². The van der Waals surface area contributed by atoms with Crippen LogP contribution in [0.4, 0.5) is 0 Å². The van der Waals surface area contributed by atoms with Crippen LogP contribution in [0.1, 0.15) is 11.3 Å². The third-order valence-corrected chi connectivity index (χ3v) is 5.33. The molecule has 0 unspecified atom stereocenters. The van der Waals surface area contributed by atoms with E-state index in [0.717, 1.165) is 27.5 Å². The third kappa shape index (κ3) is 3.62. The second-order valence-electron chi connectivity index (χ2n) is 5.34. The van der Waals surface area contributed by atoms with Gasteiger partial charge in [-0.3, -0.25) is 4.98 Å². The van der Waals surface area contributed by atoms with E-state index in [1.807, 2.05) is 54.8 Å². The molecule has 0 N–H and O–H groups in total. The summed E-state index contributed by atoms with van der Waals surface area (Å²) in [5, 5.41) is 11.8. The van der Waals surface area contributed by atoms with Crippen LogP contribution < -0.4 is 0 Å². The maximum atomic E-state index is 5.77. The highest BCUT2D eigenvalue weighted by atomic mass is 32.2. The molecule has 0 aliphatic carbocycles. The lowest BCUT2D eigenvalue weighted by Crippen LogP contribution is -1.84. The number of pyridine rings is 1. The first-order chi connectivity index (χ1) is 12.3. The molecule has 3 aromatic heterocycles. The van der Waals surface area contributed by atoms with E-state index in [1.54, 1.807) is 17.5 Å². The maximum Gasteiger partial charge on any atom is 0.277 e. The summed E-state index contributed by atoms with van der Waals surface area (Å²) in [6, 6.07) is 13.8. The molecule has 0 amide bonds. The van der Waals surface area contributed by atoms with E-state index in [-0.39, 0.29) is 0 Å². The predicted molar refractivity (Wildman–Crippen MR) is 99.4 cm³/mol. The molecule has 0 radical (unpaired) electrons. The largest absolute Gasteiger partial charge is 0.411 e. The van der Waals surface area contributed by atoms with E-state index in [9.17, 15) is 0 Å². The molecule has 25 heavy (non-hydrogen) atoms. The number of rotatable bonds is 5. The summed E-state index contributed by atoms with van der Waals surface area (Å²) in [4.78, 5) is 8.95. The Balaban J connectivity index is 1.44. The smallest absolute Gasteiger partial charge is 0.277 e. The Morgan fingerprint density at radius 1 is 1.08 bits per heavy atom. The molecule has 0 saturated heterocycles. The lowest BCUT2D eigenvalue weighted by Gasteiger charge is -1.98. The summed E-state index contributed by atoms with van der Waals surface area (Å²) >= 11 is 3.08. The maximum absolute atomic E-state index is 5.77. The lowest BCUT2D eigenvalue weighted by molar-refractivity contribution is 0.465. The van der Waals surface area contributed by atoms with Crippen LogP contribution in [-0.2, 0) is 5.75 Å². The molecule has 3 heterocycles. The summed E-state index contributed by atoms with van der Waals surface area (Å²) < 4.78 is 5.77. The van der Waals surface area contributed by atoms with Gasteiger partial charge < -0.3 is 4.42 Å². The normalized spacial score (nSPS) is 10.9. The number of nitrogens with zero attached hydrogens (tertiary/aromatic N) is 4. The van der Waals surface area contributed by atoms with Gasteiger partial charge in [0, 0.05) is 22.9 Å². The first-order valence-electron chi connectivity index (χ1n) is 7.68. The van der Waals surface area contributed by atoms with Gasteiger partial charge in [-0.25, -0.2) is 4.98 Å². The van der Waals surface area contributed by atoms with Gasteiger partial charge in [-0.05, 0) is 30.7 Å². The van der Waals surface area contributed by atoms with E-state index in [4.69, 9.17) is 4.42 Å². The van der Waals surface area contributed by atoms with Gasteiger partial charge in [0.25, 0.3) is 5.22 Å². The fourth-order valence-electron chi connectivity index (χ4n) is 2.31. The summed E-state index contributed by atoms with van der Waals surface area (Å²) in [5.74, 6) is 1.23. The van der Waals surface area contributed by atoms with Crippen LogP contribution in [-0.4, -0.2) is 20.2 Å². The Morgan fingerprint density at radius 3 is 2.80 bits per heavy atom. The number of hydrogen-bond acceptors (Lipinski definition) is 7. The summed E-state index contributed by atoms with van der Waals surface area (Å²) in [6.07, 6.45) is 1.77. The highest BCUT2D eigenvalue weighted by Gasteiger charge is 2.12. The standard InChI is InChI=1S/C18H14N4OS2/c1-12-6-2-3-7-14(12)16-21-22-18(23-16)25-11-13-10-24-17(20-13)15-8-4-5-9-19-15/h2-10H,11H2,1H3. The van der Waals surface area contributed by atoms with Gasteiger partial charge in [-0.15, -0.1) is 21.5 Å². The molecule has 0 aliphatic rings. The van der Waals surface area contributed by atoms with Crippen LogP contribution in [0.15, 0.2) is 63.7 Å².